The van der Waals surface area contributed by atoms with E-state index in [-0.39, 0.29) is 24.3 Å². The molecule has 1 heterocycles. The van der Waals surface area contributed by atoms with Crippen molar-refractivity contribution < 1.29 is 18.0 Å². The van der Waals surface area contributed by atoms with Crippen LogP contribution in [0.1, 0.15) is 22.3 Å². The van der Waals surface area contributed by atoms with Gasteiger partial charge in [-0.15, -0.1) is 6.42 Å². The molecular formula is C23H26F3N5O. The third-order valence-electron chi connectivity index (χ3n) is 5.41. The molecule has 0 atom stereocenters. The van der Waals surface area contributed by atoms with Gasteiger partial charge in [0, 0.05) is 56.2 Å². The Kier molecular flexibility index (Phi) is 7.40. The minimum Gasteiger partial charge on any atom is -0.326 e. The molecule has 1 aliphatic rings. The first-order valence-corrected chi connectivity index (χ1v) is 10.2. The Balaban J connectivity index is 1.72. The van der Waals surface area contributed by atoms with Gasteiger partial charge < -0.3 is 21.3 Å². The number of benzene rings is 2. The van der Waals surface area contributed by atoms with Crippen LogP contribution in [0.4, 0.5) is 29.3 Å². The van der Waals surface area contributed by atoms with Gasteiger partial charge in [-0.2, -0.15) is 13.2 Å². The van der Waals surface area contributed by atoms with Gasteiger partial charge in [0.1, 0.15) is 0 Å². The quantitative estimate of drug-likeness (QED) is 0.616. The number of amides is 2. The molecule has 2 amide bonds. The number of nitrogens with zero attached hydrogens (tertiary/aromatic N) is 2. The SMILES string of the molecule is C#Cc1cc(NC(=O)Nc2ccc(CN3CCN(C)CC3)c(C(F)(F)F)c2)ccc1CN. The maximum atomic E-state index is 13.7. The molecule has 0 radical (unpaired) electrons. The van der Waals surface area contributed by atoms with E-state index in [1.54, 1.807) is 18.2 Å². The molecule has 170 valence electrons. The molecule has 0 spiro atoms. The van der Waals surface area contributed by atoms with Crippen LogP contribution < -0.4 is 16.4 Å². The Morgan fingerprint density at radius 1 is 1.06 bits per heavy atom. The molecule has 2 aromatic carbocycles. The smallest absolute Gasteiger partial charge is 0.326 e. The molecular weight excluding hydrogens is 419 g/mol. The van der Waals surface area contributed by atoms with Gasteiger partial charge in [0.2, 0.25) is 0 Å². The summed E-state index contributed by atoms with van der Waals surface area (Å²) in [4.78, 5) is 16.5. The van der Waals surface area contributed by atoms with Gasteiger partial charge in [0.05, 0.1) is 5.56 Å². The summed E-state index contributed by atoms with van der Waals surface area (Å²) in [5.41, 5.74) is 6.80. The van der Waals surface area contributed by atoms with Crippen LogP contribution >= 0.6 is 0 Å². The number of likely N-dealkylation sites (N-methyl/N-ethyl adjacent to an activating group) is 1. The zero-order chi connectivity index (χ0) is 23.3. The molecule has 32 heavy (non-hydrogen) atoms. The number of rotatable bonds is 5. The van der Waals surface area contributed by atoms with E-state index < -0.39 is 17.8 Å². The number of alkyl halides is 3. The molecule has 0 bridgehead atoms. The molecule has 6 nitrogen and oxygen atoms in total. The average Bonchev–Trinajstić information content (AvgIpc) is 2.75. The fourth-order valence-electron chi connectivity index (χ4n) is 3.56. The molecule has 0 saturated carbocycles. The number of halogens is 3. The highest BCUT2D eigenvalue weighted by Gasteiger charge is 2.34. The number of carbonyl (C=O) groups is 1. The van der Waals surface area contributed by atoms with E-state index in [4.69, 9.17) is 12.2 Å². The molecule has 0 aromatic heterocycles. The Morgan fingerprint density at radius 2 is 1.66 bits per heavy atom. The second-order valence-corrected chi connectivity index (χ2v) is 7.75. The number of anilines is 2. The highest BCUT2D eigenvalue weighted by Crippen LogP contribution is 2.34. The van der Waals surface area contributed by atoms with E-state index in [2.05, 4.69) is 21.5 Å². The summed E-state index contributed by atoms with van der Waals surface area (Å²) < 4.78 is 41.1. The van der Waals surface area contributed by atoms with Crippen molar-refractivity contribution in [2.75, 3.05) is 43.9 Å². The van der Waals surface area contributed by atoms with Crippen LogP contribution in [-0.2, 0) is 19.3 Å². The van der Waals surface area contributed by atoms with E-state index in [1.807, 2.05) is 11.9 Å². The highest BCUT2D eigenvalue weighted by atomic mass is 19.4. The predicted molar refractivity (Wildman–Crippen MR) is 119 cm³/mol. The number of piperazine rings is 1. The molecule has 9 heteroatoms. The average molecular weight is 445 g/mol. The Bertz CT molecular complexity index is 1010. The standard InChI is InChI=1S/C23H26F3N5O/c1-3-16-12-19(6-4-17(16)14-27)28-22(32)29-20-7-5-18(21(13-20)23(24,25)26)15-31-10-8-30(2)9-11-31/h1,4-7,12-13H,8-11,14-15,27H2,2H3,(H2,28,29,32). The van der Waals surface area contributed by atoms with Gasteiger partial charge >= 0.3 is 12.2 Å². The summed E-state index contributed by atoms with van der Waals surface area (Å²) >= 11 is 0. The fraction of sp³-hybridized carbons (Fsp3) is 0.348. The molecule has 0 unspecified atom stereocenters. The van der Waals surface area contributed by atoms with E-state index >= 15 is 0 Å². The van der Waals surface area contributed by atoms with Crippen molar-refractivity contribution in [2.45, 2.75) is 19.3 Å². The number of carbonyl (C=O) groups excluding carboxylic acids is 1. The molecule has 0 aliphatic carbocycles. The van der Waals surface area contributed by atoms with Crippen molar-refractivity contribution in [1.29, 1.82) is 0 Å². The van der Waals surface area contributed by atoms with Crippen LogP contribution in [0.3, 0.4) is 0 Å². The summed E-state index contributed by atoms with van der Waals surface area (Å²) in [5.74, 6) is 2.49. The number of nitrogens with one attached hydrogen (secondary N) is 2. The summed E-state index contributed by atoms with van der Waals surface area (Å²) in [6.07, 6.45) is 0.917. The van der Waals surface area contributed by atoms with Gasteiger partial charge in [-0.3, -0.25) is 4.90 Å². The molecule has 2 aromatic rings. The zero-order valence-corrected chi connectivity index (χ0v) is 17.8. The first-order chi connectivity index (χ1) is 15.2. The third-order valence-corrected chi connectivity index (χ3v) is 5.41. The summed E-state index contributed by atoms with van der Waals surface area (Å²) in [6, 6.07) is 8.10. The van der Waals surface area contributed by atoms with Crippen molar-refractivity contribution in [3.8, 4) is 12.3 Å². The number of hydrogen-bond acceptors (Lipinski definition) is 4. The zero-order valence-electron chi connectivity index (χ0n) is 17.8. The first kappa shape index (κ1) is 23.6. The van der Waals surface area contributed by atoms with Crippen molar-refractivity contribution in [2.24, 2.45) is 5.73 Å². The molecule has 1 aliphatic heterocycles. The topological polar surface area (TPSA) is 73.6 Å². The van der Waals surface area contributed by atoms with Crippen molar-refractivity contribution >= 4 is 17.4 Å². The summed E-state index contributed by atoms with van der Waals surface area (Å²) in [5, 5.41) is 5.04. The molecule has 1 saturated heterocycles. The van der Waals surface area contributed by atoms with E-state index in [0.717, 1.165) is 24.7 Å². The lowest BCUT2D eigenvalue weighted by Gasteiger charge is -2.33. The second-order valence-electron chi connectivity index (χ2n) is 7.75. The number of urea groups is 1. The fourth-order valence-corrected chi connectivity index (χ4v) is 3.56. The normalized spacial score (nSPS) is 15.2. The first-order valence-electron chi connectivity index (χ1n) is 10.2. The largest absolute Gasteiger partial charge is 0.416 e. The van der Waals surface area contributed by atoms with Gasteiger partial charge in [-0.1, -0.05) is 18.1 Å². The summed E-state index contributed by atoms with van der Waals surface area (Å²) in [6.45, 7) is 3.51. The van der Waals surface area contributed by atoms with E-state index in [0.29, 0.717) is 24.3 Å². The minimum absolute atomic E-state index is 0.0488. The third kappa shape index (κ3) is 6.01. The Hall–Kier alpha value is -3.06. The maximum absolute atomic E-state index is 13.7. The monoisotopic (exact) mass is 445 g/mol. The lowest BCUT2D eigenvalue weighted by molar-refractivity contribution is -0.138. The van der Waals surface area contributed by atoms with Crippen LogP contribution in [-0.4, -0.2) is 49.1 Å². The second kappa shape index (κ2) is 10.0. The van der Waals surface area contributed by atoms with Gasteiger partial charge in [-0.25, -0.2) is 4.79 Å². The Labute approximate surface area is 185 Å². The summed E-state index contributed by atoms with van der Waals surface area (Å²) in [7, 11) is 1.99. The lowest BCUT2D eigenvalue weighted by atomic mass is 10.0. The highest BCUT2D eigenvalue weighted by molar-refractivity contribution is 6.00. The van der Waals surface area contributed by atoms with E-state index in [9.17, 15) is 18.0 Å². The van der Waals surface area contributed by atoms with Crippen LogP contribution in [0, 0.1) is 12.3 Å². The van der Waals surface area contributed by atoms with Crippen LogP contribution in [0.5, 0.6) is 0 Å². The van der Waals surface area contributed by atoms with Gasteiger partial charge in [0.25, 0.3) is 0 Å². The lowest BCUT2D eigenvalue weighted by Crippen LogP contribution is -2.44. The number of terminal acetylenes is 1. The molecule has 4 N–H and O–H groups in total. The van der Waals surface area contributed by atoms with Crippen LogP contribution in [0.2, 0.25) is 0 Å². The van der Waals surface area contributed by atoms with Crippen molar-refractivity contribution in [1.82, 2.24) is 9.80 Å². The minimum atomic E-state index is -4.53. The van der Waals surface area contributed by atoms with Crippen LogP contribution in [0.15, 0.2) is 36.4 Å². The predicted octanol–water partition coefficient (Wildman–Crippen LogP) is 3.54. The molecule has 3 rings (SSSR count). The van der Waals surface area contributed by atoms with Crippen molar-refractivity contribution in [3.05, 3.63) is 58.7 Å². The maximum Gasteiger partial charge on any atom is 0.416 e. The van der Waals surface area contributed by atoms with E-state index in [1.165, 1.54) is 12.1 Å². The van der Waals surface area contributed by atoms with Gasteiger partial charge in [0.15, 0.2) is 0 Å². The molecule has 1 fully saturated rings. The number of nitrogens with two attached hydrogens (primary N) is 1. The van der Waals surface area contributed by atoms with Gasteiger partial charge in [-0.05, 0) is 42.4 Å². The van der Waals surface area contributed by atoms with Crippen LogP contribution in [0.25, 0.3) is 0 Å². The van der Waals surface area contributed by atoms with Crippen molar-refractivity contribution in [3.63, 3.8) is 0 Å². The Morgan fingerprint density at radius 3 is 2.22 bits per heavy atom. The number of hydrogen-bond donors (Lipinski definition) is 3.